The van der Waals surface area contributed by atoms with E-state index in [1.807, 2.05) is 0 Å². The van der Waals surface area contributed by atoms with Crippen LogP contribution < -0.4 is 4.31 Å². The normalized spacial score (nSPS) is 15.7. The number of aliphatic carboxylic acids is 1. The Balaban J connectivity index is 1.59. The molecule has 1 N–H and O–H groups in total. The van der Waals surface area contributed by atoms with E-state index in [2.05, 4.69) is 0 Å². The van der Waals surface area contributed by atoms with Gasteiger partial charge in [0, 0.05) is 34.7 Å². The van der Waals surface area contributed by atoms with Crippen LogP contribution in [0.1, 0.15) is 36.1 Å². The molecule has 1 aliphatic carbocycles. The summed E-state index contributed by atoms with van der Waals surface area (Å²) in [4.78, 5) is 12.0. The van der Waals surface area contributed by atoms with Crippen LogP contribution in [-0.2, 0) is 44.5 Å². The van der Waals surface area contributed by atoms with Crippen LogP contribution in [0.15, 0.2) is 52.9 Å². The summed E-state index contributed by atoms with van der Waals surface area (Å²) >= 11 is -2.94. The van der Waals surface area contributed by atoms with Crippen molar-refractivity contribution in [1.82, 2.24) is 0 Å². The van der Waals surface area contributed by atoms with E-state index >= 15 is 0 Å². The highest BCUT2D eigenvalue weighted by Gasteiger charge is 2.30. The quantitative estimate of drug-likeness (QED) is 0.455. The van der Waals surface area contributed by atoms with Crippen LogP contribution in [0.5, 0.6) is 0 Å². The minimum atomic E-state index is -3.65. The van der Waals surface area contributed by atoms with E-state index in [1.165, 1.54) is 12.1 Å². The highest BCUT2D eigenvalue weighted by molar-refractivity contribution is 7.90. The number of hydrogen-bond donors (Lipinski definition) is 1. The van der Waals surface area contributed by atoms with E-state index in [-0.39, 0.29) is 17.9 Å². The number of benzene rings is 2. The lowest BCUT2D eigenvalue weighted by molar-refractivity contribution is -0.138. The number of aryl methyl sites for hydroxylation is 2. The van der Waals surface area contributed by atoms with Crippen molar-refractivity contribution in [2.75, 3.05) is 10.1 Å². The number of nitrogens with zero attached hydrogens (tertiary/aromatic N) is 1. The molecule has 0 amide bonds. The Kier molecular flexibility index (Phi) is 6.87. The SMILES string of the molecule is O=C(O)C(CCS(=O)(=O)Cc1ccccc1)N(c1ccc2c3c(oc2c1)CCCC3)S(=O)[O-]. The standard InChI is InChI=1S/C23H25NO7S2/c25-23(26)20(12-13-33(29,30)15-16-6-2-1-3-7-16)24(32(27)28)17-10-11-19-18-8-4-5-9-21(18)31-22(19)14-17/h1-3,6-7,10-11,14,20H,4-5,8-9,12-13,15H2,(H,25,26)(H,27,28)/p-1. The summed E-state index contributed by atoms with van der Waals surface area (Å²) in [6.07, 6.45) is 3.39. The third-order valence-electron chi connectivity index (χ3n) is 5.86. The van der Waals surface area contributed by atoms with Gasteiger partial charge in [-0.05, 0) is 43.4 Å². The number of carboxylic acid groups (broad SMARTS) is 1. The average molecular weight is 491 g/mol. The number of anilines is 1. The average Bonchev–Trinajstić information content (AvgIpc) is 3.14. The molecule has 2 unspecified atom stereocenters. The molecular formula is C23H24NO7S2-. The minimum Gasteiger partial charge on any atom is -0.755 e. The number of hydrogen-bond acceptors (Lipinski definition) is 6. The number of carboxylic acids is 1. The first kappa shape index (κ1) is 23.5. The fraction of sp³-hybridized carbons (Fsp3) is 0.348. The topological polar surface area (TPSA) is 128 Å². The van der Waals surface area contributed by atoms with Gasteiger partial charge in [0.2, 0.25) is 0 Å². The summed E-state index contributed by atoms with van der Waals surface area (Å²) in [7, 11) is -3.65. The molecule has 0 spiro atoms. The number of rotatable bonds is 9. The van der Waals surface area contributed by atoms with Crippen LogP contribution in [0, 0.1) is 0 Å². The maximum atomic E-state index is 12.6. The van der Waals surface area contributed by atoms with Crippen molar-refractivity contribution in [2.45, 2.75) is 43.9 Å². The van der Waals surface area contributed by atoms with Gasteiger partial charge in [0.05, 0.1) is 17.2 Å². The zero-order valence-corrected chi connectivity index (χ0v) is 19.4. The first-order valence-electron chi connectivity index (χ1n) is 10.7. The summed E-state index contributed by atoms with van der Waals surface area (Å²) in [6, 6.07) is 11.8. The van der Waals surface area contributed by atoms with E-state index in [0.717, 1.165) is 42.4 Å². The van der Waals surface area contributed by atoms with Crippen LogP contribution in [0.25, 0.3) is 11.0 Å². The Labute approximate surface area is 194 Å². The minimum absolute atomic E-state index is 0.120. The second-order valence-corrected chi connectivity index (χ2v) is 11.2. The van der Waals surface area contributed by atoms with Crippen LogP contribution in [0.2, 0.25) is 0 Å². The van der Waals surface area contributed by atoms with Gasteiger partial charge in [-0.2, -0.15) is 0 Å². The first-order valence-corrected chi connectivity index (χ1v) is 13.5. The molecule has 1 heterocycles. The second-order valence-electron chi connectivity index (χ2n) is 8.15. The maximum Gasteiger partial charge on any atom is 0.327 e. The van der Waals surface area contributed by atoms with Gasteiger partial charge in [0.15, 0.2) is 9.84 Å². The Morgan fingerprint density at radius 2 is 1.88 bits per heavy atom. The number of sulfone groups is 1. The molecule has 1 aliphatic rings. The van der Waals surface area contributed by atoms with Crippen molar-refractivity contribution < 1.29 is 31.5 Å². The molecule has 4 rings (SSSR count). The van der Waals surface area contributed by atoms with E-state index < -0.39 is 38.9 Å². The molecule has 2 aromatic carbocycles. The predicted octanol–water partition coefficient (Wildman–Crippen LogP) is 3.37. The largest absolute Gasteiger partial charge is 0.755 e. The van der Waals surface area contributed by atoms with Crippen molar-refractivity contribution in [3.8, 4) is 0 Å². The Bertz CT molecular complexity index is 1280. The molecule has 10 heteroatoms. The van der Waals surface area contributed by atoms with E-state index in [9.17, 15) is 27.1 Å². The van der Waals surface area contributed by atoms with Crippen molar-refractivity contribution in [3.05, 3.63) is 65.4 Å². The fourth-order valence-corrected chi connectivity index (χ4v) is 6.41. The van der Waals surface area contributed by atoms with Gasteiger partial charge in [-0.3, -0.25) is 8.51 Å². The smallest absolute Gasteiger partial charge is 0.327 e. The Morgan fingerprint density at radius 3 is 2.58 bits per heavy atom. The molecule has 0 bridgehead atoms. The third-order valence-corrected chi connectivity index (χ3v) is 8.27. The van der Waals surface area contributed by atoms with Crippen molar-refractivity contribution >= 4 is 43.7 Å². The zero-order valence-electron chi connectivity index (χ0n) is 17.8. The monoisotopic (exact) mass is 490 g/mol. The van der Waals surface area contributed by atoms with Gasteiger partial charge in [-0.15, -0.1) is 0 Å². The molecule has 8 nitrogen and oxygen atoms in total. The lowest BCUT2D eigenvalue weighted by Gasteiger charge is -2.32. The van der Waals surface area contributed by atoms with Crippen LogP contribution >= 0.6 is 0 Å². The zero-order chi connectivity index (χ0) is 23.6. The third kappa shape index (κ3) is 5.29. The number of fused-ring (bicyclic) bond motifs is 3. The molecule has 0 fully saturated rings. The van der Waals surface area contributed by atoms with Crippen LogP contribution in [0.4, 0.5) is 5.69 Å². The number of furan rings is 1. The molecule has 0 aliphatic heterocycles. The number of carbonyl (C=O) groups is 1. The molecule has 1 aromatic heterocycles. The first-order chi connectivity index (χ1) is 15.7. The van der Waals surface area contributed by atoms with Gasteiger partial charge in [-0.25, -0.2) is 13.2 Å². The second kappa shape index (κ2) is 9.66. The van der Waals surface area contributed by atoms with E-state index in [1.54, 1.807) is 36.4 Å². The molecule has 0 saturated heterocycles. The molecule has 3 aromatic rings. The van der Waals surface area contributed by atoms with Gasteiger partial charge >= 0.3 is 5.97 Å². The summed E-state index contributed by atoms with van der Waals surface area (Å²) in [5.41, 5.74) is 2.31. The molecule has 0 saturated carbocycles. The lowest BCUT2D eigenvalue weighted by atomic mass is 9.96. The van der Waals surface area contributed by atoms with Crippen LogP contribution in [0.3, 0.4) is 0 Å². The molecule has 0 radical (unpaired) electrons. The van der Waals surface area contributed by atoms with E-state index in [0.29, 0.717) is 15.5 Å². The van der Waals surface area contributed by atoms with E-state index in [4.69, 9.17) is 4.42 Å². The Hall–Kier alpha value is -2.69. The summed E-state index contributed by atoms with van der Waals surface area (Å²) < 4.78 is 55.9. The van der Waals surface area contributed by atoms with Crippen molar-refractivity contribution in [2.24, 2.45) is 0 Å². The van der Waals surface area contributed by atoms with Crippen molar-refractivity contribution in [3.63, 3.8) is 0 Å². The fourth-order valence-electron chi connectivity index (χ4n) is 4.29. The molecule has 2 atom stereocenters. The summed E-state index contributed by atoms with van der Waals surface area (Å²) in [5, 5.41) is 10.6. The summed E-state index contributed by atoms with van der Waals surface area (Å²) in [6.45, 7) is 0. The van der Waals surface area contributed by atoms with Gasteiger partial charge in [-0.1, -0.05) is 30.3 Å². The highest BCUT2D eigenvalue weighted by atomic mass is 32.2. The molecule has 33 heavy (non-hydrogen) atoms. The van der Waals surface area contributed by atoms with Crippen molar-refractivity contribution in [1.29, 1.82) is 0 Å². The lowest BCUT2D eigenvalue weighted by Crippen LogP contribution is -2.43. The molecule has 176 valence electrons. The van der Waals surface area contributed by atoms with Gasteiger partial charge in [0.25, 0.3) is 0 Å². The molecular weight excluding hydrogens is 466 g/mol. The summed E-state index contributed by atoms with van der Waals surface area (Å²) in [5.74, 6) is -1.26. The maximum absolute atomic E-state index is 12.6. The van der Waals surface area contributed by atoms with Crippen LogP contribution in [-0.4, -0.2) is 40.0 Å². The predicted molar refractivity (Wildman–Crippen MR) is 124 cm³/mol. The van der Waals surface area contributed by atoms with Gasteiger partial charge < -0.3 is 14.1 Å². The highest BCUT2D eigenvalue weighted by Crippen LogP contribution is 2.35. The van der Waals surface area contributed by atoms with Gasteiger partial charge in [0.1, 0.15) is 17.4 Å². The Morgan fingerprint density at radius 1 is 1.15 bits per heavy atom.